The van der Waals surface area contributed by atoms with Crippen molar-refractivity contribution < 1.29 is 9.59 Å². The minimum absolute atomic E-state index is 0.170. The summed E-state index contributed by atoms with van der Waals surface area (Å²) in [5.41, 5.74) is -0.505. The highest BCUT2D eigenvalue weighted by atomic mass is 16.2. The van der Waals surface area contributed by atoms with Gasteiger partial charge in [0.05, 0.1) is 5.41 Å². The second-order valence-electron chi connectivity index (χ2n) is 7.55. The molecule has 0 radical (unpaired) electrons. The molecule has 0 N–H and O–H groups in total. The lowest BCUT2D eigenvalue weighted by Gasteiger charge is -2.39. The number of Topliss-reactive ketones (excluding diaryl/α,β-unsaturated/α-hetero) is 2. The number of fused-ring (bicyclic) bond motifs is 3. The summed E-state index contributed by atoms with van der Waals surface area (Å²) in [6, 6.07) is 14.3. The molecule has 2 aliphatic rings. The normalized spacial score (nSPS) is 32.9. The highest BCUT2D eigenvalue weighted by molar-refractivity contribution is 6.46. The first-order valence-corrected chi connectivity index (χ1v) is 7.94. The van der Waals surface area contributed by atoms with Crippen LogP contribution in [0.2, 0.25) is 0 Å². The van der Waals surface area contributed by atoms with E-state index in [9.17, 15) is 9.59 Å². The SMILES string of the molecule is CC12CCC(c3cccc4ccccc34)(C(=O)C1=O)C2(C)C. The van der Waals surface area contributed by atoms with E-state index >= 15 is 0 Å². The van der Waals surface area contributed by atoms with Crippen molar-refractivity contribution in [3.05, 3.63) is 48.0 Å². The average molecular weight is 292 g/mol. The number of carbonyl (C=O) groups excluding carboxylic acids is 2. The minimum Gasteiger partial charge on any atom is -0.290 e. The molecule has 0 aromatic heterocycles. The Hall–Kier alpha value is -1.96. The van der Waals surface area contributed by atoms with E-state index in [0.717, 1.165) is 29.2 Å². The van der Waals surface area contributed by atoms with Gasteiger partial charge in [-0.2, -0.15) is 0 Å². The van der Waals surface area contributed by atoms with E-state index < -0.39 is 10.8 Å². The summed E-state index contributed by atoms with van der Waals surface area (Å²) in [5.74, 6) is -0.348. The van der Waals surface area contributed by atoms with Crippen LogP contribution in [0, 0.1) is 10.8 Å². The van der Waals surface area contributed by atoms with Gasteiger partial charge < -0.3 is 0 Å². The molecule has 2 saturated carbocycles. The zero-order valence-electron chi connectivity index (χ0n) is 13.3. The maximum atomic E-state index is 13.0. The van der Waals surface area contributed by atoms with Crippen molar-refractivity contribution in [2.45, 2.75) is 39.0 Å². The van der Waals surface area contributed by atoms with Gasteiger partial charge in [0.2, 0.25) is 11.6 Å². The van der Waals surface area contributed by atoms with Crippen LogP contribution < -0.4 is 0 Å². The third-order valence-corrected chi connectivity index (χ3v) is 6.79. The van der Waals surface area contributed by atoms with Crippen molar-refractivity contribution in [2.24, 2.45) is 10.8 Å². The van der Waals surface area contributed by atoms with E-state index in [0.29, 0.717) is 0 Å². The highest BCUT2D eigenvalue weighted by Gasteiger charge is 2.75. The van der Waals surface area contributed by atoms with Crippen molar-refractivity contribution in [1.82, 2.24) is 0 Å². The summed E-state index contributed by atoms with van der Waals surface area (Å²) >= 11 is 0. The molecule has 2 bridgehead atoms. The van der Waals surface area contributed by atoms with Gasteiger partial charge in [-0.3, -0.25) is 9.59 Å². The van der Waals surface area contributed by atoms with Crippen LogP contribution in [0.15, 0.2) is 42.5 Å². The number of rotatable bonds is 1. The number of benzene rings is 2. The monoisotopic (exact) mass is 292 g/mol. The molecule has 0 spiro atoms. The van der Waals surface area contributed by atoms with Gasteiger partial charge in [-0.15, -0.1) is 0 Å². The molecule has 0 saturated heterocycles. The molecular weight excluding hydrogens is 272 g/mol. The predicted molar refractivity (Wildman–Crippen MR) is 86.8 cm³/mol. The van der Waals surface area contributed by atoms with Gasteiger partial charge in [-0.05, 0) is 34.6 Å². The molecule has 2 unspecified atom stereocenters. The van der Waals surface area contributed by atoms with Gasteiger partial charge in [-0.1, -0.05) is 63.2 Å². The van der Waals surface area contributed by atoms with Gasteiger partial charge in [-0.25, -0.2) is 0 Å². The number of carbonyl (C=O) groups is 2. The first-order chi connectivity index (χ1) is 10.4. The van der Waals surface area contributed by atoms with Gasteiger partial charge in [0.15, 0.2) is 0 Å². The number of ketones is 2. The molecule has 2 aromatic rings. The lowest BCUT2D eigenvalue weighted by Crippen LogP contribution is -2.42. The minimum atomic E-state index is -0.667. The molecule has 2 aliphatic carbocycles. The summed E-state index contributed by atoms with van der Waals surface area (Å²) in [5, 5.41) is 2.23. The third kappa shape index (κ3) is 1.20. The fourth-order valence-corrected chi connectivity index (χ4v) is 4.96. The Labute approximate surface area is 130 Å². The molecule has 2 nitrogen and oxygen atoms in total. The molecule has 2 fully saturated rings. The first kappa shape index (κ1) is 13.7. The van der Waals surface area contributed by atoms with E-state index in [1.807, 2.05) is 31.2 Å². The van der Waals surface area contributed by atoms with Crippen LogP contribution in [0.5, 0.6) is 0 Å². The second-order valence-corrected chi connectivity index (χ2v) is 7.55. The molecule has 112 valence electrons. The predicted octanol–water partition coefficient (Wildman–Crippen LogP) is 4.06. The Morgan fingerprint density at radius 3 is 2.18 bits per heavy atom. The molecule has 0 aliphatic heterocycles. The average Bonchev–Trinajstić information content (AvgIpc) is 2.79. The van der Waals surface area contributed by atoms with Crippen LogP contribution in [0.25, 0.3) is 10.8 Å². The van der Waals surface area contributed by atoms with Crippen LogP contribution in [0.3, 0.4) is 0 Å². The van der Waals surface area contributed by atoms with E-state index in [1.54, 1.807) is 0 Å². The van der Waals surface area contributed by atoms with E-state index in [1.165, 1.54) is 0 Å². The molecule has 0 amide bonds. The Balaban J connectivity index is 2.10. The van der Waals surface area contributed by atoms with Crippen molar-refractivity contribution in [3.8, 4) is 0 Å². The fraction of sp³-hybridized carbons (Fsp3) is 0.400. The van der Waals surface area contributed by atoms with Crippen molar-refractivity contribution in [2.75, 3.05) is 0 Å². The van der Waals surface area contributed by atoms with Crippen LogP contribution in [0.4, 0.5) is 0 Å². The highest BCUT2D eigenvalue weighted by Crippen LogP contribution is 2.69. The van der Waals surface area contributed by atoms with Crippen molar-refractivity contribution >= 4 is 22.3 Å². The largest absolute Gasteiger partial charge is 0.290 e. The van der Waals surface area contributed by atoms with Crippen molar-refractivity contribution in [1.29, 1.82) is 0 Å². The molecule has 2 aromatic carbocycles. The van der Waals surface area contributed by atoms with Crippen LogP contribution in [-0.2, 0) is 15.0 Å². The van der Waals surface area contributed by atoms with E-state index in [2.05, 4.69) is 32.0 Å². The summed E-state index contributed by atoms with van der Waals surface area (Å²) < 4.78 is 0. The lowest BCUT2D eigenvalue weighted by molar-refractivity contribution is -0.141. The number of hydrogen-bond acceptors (Lipinski definition) is 2. The van der Waals surface area contributed by atoms with E-state index in [4.69, 9.17) is 0 Å². The fourth-order valence-electron chi connectivity index (χ4n) is 4.96. The zero-order chi connectivity index (χ0) is 15.8. The molecule has 2 heteroatoms. The first-order valence-electron chi connectivity index (χ1n) is 7.94. The van der Waals surface area contributed by atoms with Gasteiger partial charge >= 0.3 is 0 Å². The van der Waals surface area contributed by atoms with E-state index in [-0.39, 0.29) is 17.0 Å². The van der Waals surface area contributed by atoms with Crippen LogP contribution >= 0.6 is 0 Å². The maximum absolute atomic E-state index is 13.0. The Morgan fingerprint density at radius 2 is 1.50 bits per heavy atom. The molecule has 0 heterocycles. The summed E-state index contributed by atoms with van der Waals surface area (Å²) in [6.07, 6.45) is 1.57. The van der Waals surface area contributed by atoms with Gasteiger partial charge in [0.25, 0.3) is 0 Å². The Morgan fingerprint density at radius 1 is 0.818 bits per heavy atom. The second kappa shape index (κ2) is 3.87. The molecular formula is C20H20O2. The lowest BCUT2D eigenvalue weighted by atomic mass is 9.61. The van der Waals surface area contributed by atoms with Gasteiger partial charge in [0, 0.05) is 5.41 Å². The summed E-state index contributed by atoms with van der Waals surface area (Å²) in [6.45, 7) is 6.18. The number of hydrogen-bond donors (Lipinski definition) is 0. The van der Waals surface area contributed by atoms with Crippen molar-refractivity contribution in [3.63, 3.8) is 0 Å². The topological polar surface area (TPSA) is 34.1 Å². The smallest absolute Gasteiger partial charge is 0.210 e. The quantitative estimate of drug-likeness (QED) is 0.743. The van der Waals surface area contributed by atoms with Gasteiger partial charge in [0.1, 0.15) is 0 Å². The maximum Gasteiger partial charge on any atom is 0.210 e. The molecule has 22 heavy (non-hydrogen) atoms. The molecule has 4 rings (SSSR count). The Kier molecular flexibility index (Phi) is 2.40. The summed E-state index contributed by atoms with van der Waals surface area (Å²) in [7, 11) is 0. The van der Waals surface area contributed by atoms with Crippen LogP contribution in [-0.4, -0.2) is 11.6 Å². The summed E-state index contributed by atoms with van der Waals surface area (Å²) in [4.78, 5) is 25.7. The van der Waals surface area contributed by atoms with Crippen LogP contribution in [0.1, 0.15) is 39.2 Å². The standard InChI is InChI=1S/C20H20O2/c1-18(2)19(3)11-12-20(18,17(22)16(19)21)15-10-6-8-13-7-4-5-9-14(13)15/h4-10H,11-12H2,1-3H3. The molecule has 2 atom stereocenters. The Bertz CT molecular complexity index is 827. The zero-order valence-corrected chi connectivity index (χ0v) is 13.3. The third-order valence-electron chi connectivity index (χ3n) is 6.79.